The molecule has 1 fully saturated rings. The van der Waals surface area contributed by atoms with Crippen LogP contribution in [0.5, 0.6) is 0 Å². The molecule has 0 unspecified atom stereocenters. The number of nitrogens with zero attached hydrogens (tertiary/aromatic N) is 1. The molecular formula is C13H18FN2O+. The maximum Gasteiger partial charge on any atom is 0.159 e. The number of ketones is 1. The van der Waals surface area contributed by atoms with Crippen LogP contribution < -0.4 is 9.80 Å². The molecule has 0 radical (unpaired) electrons. The zero-order valence-electron chi connectivity index (χ0n) is 10.3. The van der Waals surface area contributed by atoms with Crippen LogP contribution in [-0.2, 0) is 0 Å². The second kappa shape index (κ2) is 4.84. The molecule has 0 amide bonds. The van der Waals surface area contributed by atoms with Gasteiger partial charge in [0.25, 0.3) is 0 Å². The van der Waals surface area contributed by atoms with Crippen LogP contribution in [0.4, 0.5) is 10.1 Å². The quantitative estimate of drug-likeness (QED) is 0.751. The van der Waals surface area contributed by atoms with Crippen LogP contribution in [-0.4, -0.2) is 39.0 Å². The molecule has 0 atom stereocenters. The van der Waals surface area contributed by atoms with Crippen molar-refractivity contribution in [1.82, 2.24) is 0 Å². The lowest BCUT2D eigenvalue weighted by Crippen LogP contribution is -3.12. The van der Waals surface area contributed by atoms with Gasteiger partial charge in [0, 0.05) is 5.56 Å². The minimum atomic E-state index is -0.294. The average Bonchev–Trinajstić information content (AvgIpc) is 2.30. The van der Waals surface area contributed by atoms with Crippen LogP contribution in [0.25, 0.3) is 0 Å². The third kappa shape index (κ3) is 2.64. The van der Waals surface area contributed by atoms with E-state index in [1.807, 2.05) is 4.90 Å². The third-order valence-electron chi connectivity index (χ3n) is 3.31. The smallest absolute Gasteiger partial charge is 0.159 e. The Morgan fingerprint density at radius 2 is 2.00 bits per heavy atom. The van der Waals surface area contributed by atoms with E-state index < -0.39 is 0 Å². The molecule has 92 valence electrons. The Balaban J connectivity index is 2.19. The van der Waals surface area contributed by atoms with Crippen molar-refractivity contribution in [2.75, 3.05) is 38.1 Å². The van der Waals surface area contributed by atoms with Gasteiger partial charge in [0.2, 0.25) is 0 Å². The minimum absolute atomic E-state index is 0.0988. The van der Waals surface area contributed by atoms with E-state index in [1.165, 1.54) is 17.9 Å². The minimum Gasteiger partial charge on any atom is -0.358 e. The number of carbonyl (C=O) groups is 1. The van der Waals surface area contributed by atoms with Crippen molar-refractivity contribution >= 4 is 11.5 Å². The number of Topliss-reactive ketones (excluding diaryl/α,β-unsaturated/α-hetero) is 1. The van der Waals surface area contributed by atoms with Crippen molar-refractivity contribution in [3.63, 3.8) is 0 Å². The van der Waals surface area contributed by atoms with E-state index in [2.05, 4.69) is 7.05 Å². The Kier molecular flexibility index (Phi) is 3.43. The van der Waals surface area contributed by atoms with E-state index in [1.54, 1.807) is 12.1 Å². The highest BCUT2D eigenvalue weighted by Crippen LogP contribution is 2.20. The van der Waals surface area contributed by atoms with Gasteiger partial charge >= 0.3 is 0 Å². The molecule has 1 aliphatic heterocycles. The molecule has 0 aliphatic carbocycles. The first-order chi connectivity index (χ1) is 8.08. The summed E-state index contributed by atoms with van der Waals surface area (Å²) in [5.74, 6) is -0.393. The summed E-state index contributed by atoms with van der Waals surface area (Å²) in [6.45, 7) is 5.22. The van der Waals surface area contributed by atoms with E-state index in [0.29, 0.717) is 11.3 Å². The molecule has 1 aromatic carbocycles. The molecular weight excluding hydrogens is 219 g/mol. The second-order valence-corrected chi connectivity index (χ2v) is 4.67. The van der Waals surface area contributed by atoms with Gasteiger partial charge in [-0.3, -0.25) is 4.79 Å². The lowest BCUT2D eigenvalue weighted by atomic mass is 10.1. The molecule has 0 spiro atoms. The van der Waals surface area contributed by atoms with Gasteiger partial charge in [-0.05, 0) is 25.1 Å². The summed E-state index contributed by atoms with van der Waals surface area (Å²) in [6, 6.07) is 4.75. The number of piperazine rings is 1. The fourth-order valence-corrected chi connectivity index (χ4v) is 2.11. The van der Waals surface area contributed by atoms with E-state index in [9.17, 15) is 9.18 Å². The number of hydrogen-bond donors (Lipinski definition) is 1. The summed E-state index contributed by atoms with van der Waals surface area (Å²) in [7, 11) is 2.15. The highest BCUT2D eigenvalue weighted by atomic mass is 19.1. The fraction of sp³-hybridized carbons (Fsp3) is 0.462. The first-order valence-corrected chi connectivity index (χ1v) is 5.94. The molecule has 1 heterocycles. The Morgan fingerprint density at radius 3 is 2.53 bits per heavy atom. The highest BCUT2D eigenvalue weighted by molar-refractivity contribution is 5.94. The second-order valence-electron chi connectivity index (χ2n) is 4.67. The van der Waals surface area contributed by atoms with Gasteiger partial charge in [-0.1, -0.05) is 0 Å². The molecule has 3 nitrogen and oxygen atoms in total. The van der Waals surface area contributed by atoms with Crippen LogP contribution >= 0.6 is 0 Å². The summed E-state index contributed by atoms with van der Waals surface area (Å²) in [5, 5.41) is 0. The highest BCUT2D eigenvalue weighted by Gasteiger charge is 2.19. The van der Waals surface area contributed by atoms with Crippen molar-refractivity contribution in [3.05, 3.63) is 29.6 Å². The Morgan fingerprint density at radius 1 is 1.35 bits per heavy atom. The maximum absolute atomic E-state index is 13.9. The summed E-state index contributed by atoms with van der Waals surface area (Å²) in [5.41, 5.74) is 1.05. The predicted octanol–water partition coefficient (Wildman–Crippen LogP) is 0.363. The molecule has 17 heavy (non-hydrogen) atoms. The van der Waals surface area contributed by atoms with Crippen LogP contribution in [0.1, 0.15) is 17.3 Å². The number of quaternary nitrogens is 1. The first kappa shape index (κ1) is 12.0. The Bertz CT molecular complexity index is 425. The van der Waals surface area contributed by atoms with Gasteiger partial charge < -0.3 is 9.80 Å². The van der Waals surface area contributed by atoms with Crippen molar-refractivity contribution in [1.29, 1.82) is 0 Å². The Hall–Kier alpha value is -1.42. The van der Waals surface area contributed by atoms with E-state index in [4.69, 9.17) is 0 Å². The molecule has 1 aliphatic rings. The summed E-state index contributed by atoms with van der Waals surface area (Å²) in [4.78, 5) is 14.7. The molecule has 0 bridgehead atoms. The number of anilines is 1. The lowest BCUT2D eigenvalue weighted by molar-refractivity contribution is -0.880. The monoisotopic (exact) mass is 237 g/mol. The normalized spacial score (nSPS) is 17.2. The lowest BCUT2D eigenvalue weighted by Gasteiger charge is -2.32. The van der Waals surface area contributed by atoms with E-state index in [-0.39, 0.29) is 11.6 Å². The van der Waals surface area contributed by atoms with Crippen molar-refractivity contribution in [2.45, 2.75) is 6.92 Å². The molecule has 0 saturated carbocycles. The summed E-state index contributed by atoms with van der Waals surface area (Å²) < 4.78 is 13.9. The topological polar surface area (TPSA) is 24.8 Å². The van der Waals surface area contributed by atoms with Crippen molar-refractivity contribution < 1.29 is 14.1 Å². The number of benzene rings is 1. The van der Waals surface area contributed by atoms with Gasteiger partial charge in [-0.2, -0.15) is 0 Å². The predicted molar refractivity (Wildman–Crippen MR) is 65.2 cm³/mol. The summed E-state index contributed by atoms with van der Waals surface area (Å²) in [6.07, 6.45) is 0. The standard InChI is InChI=1S/C13H17FN2O/c1-10(17)11-3-4-13(12(14)9-11)16-7-5-15(2)6-8-16/h3-4,9H,5-8H2,1-2H3/p+1. The van der Waals surface area contributed by atoms with Gasteiger partial charge in [-0.15, -0.1) is 0 Å². The molecule has 2 rings (SSSR count). The Labute approximate surface area is 101 Å². The largest absolute Gasteiger partial charge is 0.358 e. The third-order valence-corrected chi connectivity index (χ3v) is 3.31. The number of nitrogens with one attached hydrogen (secondary N) is 1. The molecule has 1 aromatic rings. The molecule has 1 N–H and O–H groups in total. The van der Waals surface area contributed by atoms with Crippen LogP contribution in [0, 0.1) is 5.82 Å². The van der Waals surface area contributed by atoms with Crippen LogP contribution in [0.3, 0.4) is 0 Å². The number of hydrogen-bond acceptors (Lipinski definition) is 2. The molecule has 4 heteroatoms. The zero-order valence-corrected chi connectivity index (χ0v) is 10.3. The van der Waals surface area contributed by atoms with Gasteiger partial charge in [-0.25, -0.2) is 4.39 Å². The number of halogens is 1. The van der Waals surface area contributed by atoms with Gasteiger partial charge in [0.05, 0.1) is 38.9 Å². The fourth-order valence-electron chi connectivity index (χ4n) is 2.11. The van der Waals surface area contributed by atoms with Crippen molar-refractivity contribution in [3.8, 4) is 0 Å². The molecule has 0 aromatic heterocycles. The zero-order chi connectivity index (χ0) is 12.4. The SMILES string of the molecule is CC(=O)c1ccc(N2CC[NH+](C)CC2)c(F)c1. The number of carbonyl (C=O) groups excluding carboxylic acids is 1. The van der Waals surface area contributed by atoms with Crippen LogP contribution in [0.2, 0.25) is 0 Å². The molecule has 1 saturated heterocycles. The van der Waals surface area contributed by atoms with Gasteiger partial charge in [0.1, 0.15) is 5.82 Å². The van der Waals surface area contributed by atoms with Crippen LogP contribution in [0.15, 0.2) is 18.2 Å². The van der Waals surface area contributed by atoms with E-state index in [0.717, 1.165) is 26.2 Å². The number of rotatable bonds is 2. The van der Waals surface area contributed by atoms with Gasteiger partial charge in [0.15, 0.2) is 5.78 Å². The maximum atomic E-state index is 13.9. The number of likely N-dealkylation sites (N-methyl/N-ethyl adjacent to an activating group) is 1. The summed E-state index contributed by atoms with van der Waals surface area (Å²) >= 11 is 0. The average molecular weight is 237 g/mol. The first-order valence-electron chi connectivity index (χ1n) is 5.94. The van der Waals surface area contributed by atoms with Crippen molar-refractivity contribution in [2.24, 2.45) is 0 Å². The van der Waals surface area contributed by atoms with E-state index >= 15 is 0 Å².